The second-order valence-electron chi connectivity index (χ2n) is 6.99. The van der Waals surface area contributed by atoms with Gasteiger partial charge in [0.25, 0.3) is 0 Å². The third-order valence-corrected chi connectivity index (χ3v) is 6.51. The van der Waals surface area contributed by atoms with Crippen LogP contribution in [0, 0.1) is 12.8 Å². The van der Waals surface area contributed by atoms with Crippen molar-refractivity contribution in [2.24, 2.45) is 5.92 Å². The first-order valence-corrected chi connectivity index (χ1v) is 10.2. The first-order chi connectivity index (χ1) is 11.7. The lowest BCUT2D eigenvalue weighted by atomic mass is 10.0. The lowest BCUT2D eigenvalue weighted by molar-refractivity contribution is 0.0991. The predicted molar refractivity (Wildman–Crippen MR) is 102 cm³/mol. The van der Waals surface area contributed by atoms with E-state index >= 15 is 0 Å². The summed E-state index contributed by atoms with van der Waals surface area (Å²) >= 11 is 0. The number of carbonyl (C=O) groups is 1. The number of carbonyl (C=O) groups excluding carboxylic acids is 1. The zero-order valence-electron chi connectivity index (χ0n) is 15.3. The zero-order chi connectivity index (χ0) is 18.6. The lowest BCUT2D eigenvalue weighted by Gasteiger charge is -2.13. The molecule has 0 aliphatic rings. The fraction of sp³-hybridized carbons (Fsp3) is 0.381. The maximum Gasteiger partial charge on any atom is 0.188 e. The normalized spacial score (nSPS) is 13.0. The van der Waals surface area contributed by atoms with E-state index in [1.54, 1.807) is 36.4 Å². The first-order valence-electron chi connectivity index (χ1n) is 8.65. The number of aryl methyl sites for hydroxylation is 2. The zero-order valence-corrected chi connectivity index (χ0v) is 16.1. The van der Waals surface area contributed by atoms with Crippen LogP contribution in [0.2, 0.25) is 0 Å². The van der Waals surface area contributed by atoms with Crippen molar-refractivity contribution >= 4 is 15.6 Å². The van der Waals surface area contributed by atoms with E-state index in [1.165, 1.54) is 12.5 Å². The maximum absolute atomic E-state index is 12.7. The minimum absolute atomic E-state index is 0.188. The molecule has 0 unspecified atom stereocenters. The van der Waals surface area contributed by atoms with E-state index in [9.17, 15) is 13.2 Å². The molecule has 0 bridgehead atoms. The highest BCUT2D eigenvalue weighted by molar-refractivity contribution is 7.92. The van der Waals surface area contributed by atoms with Crippen molar-refractivity contribution < 1.29 is 13.2 Å². The highest BCUT2D eigenvalue weighted by atomic mass is 32.2. The van der Waals surface area contributed by atoms with Gasteiger partial charge in [-0.25, -0.2) is 8.42 Å². The highest BCUT2D eigenvalue weighted by Crippen LogP contribution is 2.20. The summed E-state index contributed by atoms with van der Waals surface area (Å²) in [6.45, 7) is 7.71. The Morgan fingerprint density at radius 3 is 2.00 bits per heavy atom. The molecule has 25 heavy (non-hydrogen) atoms. The molecule has 0 aliphatic heterocycles. The molecule has 0 radical (unpaired) electrons. The van der Waals surface area contributed by atoms with Crippen LogP contribution in [0.5, 0.6) is 0 Å². The van der Waals surface area contributed by atoms with E-state index < -0.39 is 15.1 Å². The van der Waals surface area contributed by atoms with Crippen LogP contribution in [0.4, 0.5) is 0 Å². The van der Waals surface area contributed by atoms with E-state index in [0.29, 0.717) is 11.5 Å². The van der Waals surface area contributed by atoms with Crippen LogP contribution in [0.1, 0.15) is 48.7 Å². The molecule has 0 aliphatic carbocycles. The highest BCUT2D eigenvalue weighted by Gasteiger charge is 2.30. The monoisotopic (exact) mass is 358 g/mol. The molecule has 2 aromatic carbocycles. The molecule has 2 aromatic rings. The van der Waals surface area contributed by atoms with Crippen molar-refractivity contribution in [3.05, 3.63) is 65.2 Å². The number of ketones is 1. The number of Topliss-reactive ketones (excluding diaryl/α,β-unsaturated/α-hetero) is 1. The fourth-order valence-electron chi connectivity index (χ4n) is 2.60. The second kappa shape index (κ2) is 7.96. The molecule has 0 fully saturated rings. The topological polar surface area (TPSA) is 51.2 Å². The van der Waals surface area contributed by atoms with E-state index in [-0.39, 0.29) is 10.7 Å². The van der Waals surface area contributed by atoms with Crippen LogP contribution in [0.3, 0.4) is 0 Å². The van der Waals surface area contributed by atoms with Gasteiger partial charge in [-0.05, 0) is 50.3 Å². The third-order valence-electron chi connectivity index (χ3n) is 4.43. The van der Waals surface area contributed by atoms with Gasteiger partial charge in [-0.15, -0.1) is 0 Å². The molecule has 0 saturated carbocycles. The average molecular weight is 359 g/mol. The first kappa shape index (κ1) is 19.4. The van der Waals surface area contributed by atoms with E-state index in [1.807, 2.05) is 19.1 Å². The minimum Gasteiger partial charge on any atom is -0.293 e. The molecular formula is C21H26O3S. The van der Waals surface area contributed by atoms with Crippen LogP contribution in [0.25, 0.3) is 0 Å². The van der Waals surface area contributed by atoms with Gasteiger partial charge >= 0.3 is 0 Å². The summed E-state index contributed by atoms with van der Waals surface area (Å²) in [6.07, 6.45) is 2.05. The van der Waals surface area contributed by atoms with Gasteiger partial charge in [-0.3, -0.25) is 4.79 Å². The third kappa shape index (κ3) is 4.79. The molecule has 2 rings (SSSR count). The van der Waals surface area contributed by atoms with Crippen molar-refractivity contribution in [1.82, 2.24) is 0 Å². The number of hydrogen-bond acceptors (Lipinski definition) is 3. The van der Waals surface area contributed by atoms with Crippen molar-refractivity contribution in [2.75, 3.05) is 0 Å². The summed E-state index contributed by atoms with van der Waals surface area (Å²) in [4.78, 5) is 12.8. The van der Waals surface area contributed by atoms with Crippen LogP contribution < -0.4 is 0 Å². The molecule has 4 heteroatoms. The smallest absolute Gasteiger partial charge is 0.188 e. The molecule has 0 saturated heterocycles. The van der Waals surface area contributed by atoms with E-state index in [2.05, 4.69) is 13.8 Å². The van der Waals surface area contributed by atoms with Gasteiger partial charge in [0.1, 0.15) is 5.25 Å². The van der Waals surface area contributed by atoms with Crippen molar-refractivity contribution in [1.29, 1.82) is 0 Å². The molecule has 0 aromatic heterocycles. The number of rotatable bonds is 7. The molecular weight excluding hydrogens is 332 g/mol. The van der Waals surface area contributed by atoms with Crippen LogP contribution in [0.15, 0.2) is 53.4 Å². The van der Waals surface area contributed by atoms with Gasteiger partial charge in [-0.1, -0.05) is 55.8 Å². The number of hydrogen-bond donors (Lipinski definition) is 0. The van der Waals surface area contributed by atoms with Gasteiger partial charge < -0.3 is 0 Å². The molecule has 0 N–H and O–H groups in total. The Bertz CT molecular complexity index is 816. The number of benzene rings is 2. The molecule has 0 heterocycles. The molecule has 1 atom stereocenters. The van der Waals surface area contributed by atoms with Gasteiger partial charge in [0, 0.05) is 5.56 Å². The fourth-order valence-corrected chi connectivity index (χ4v) is 3.94. The van der Waals surface area contributed by atoms with Crippen molar-refractivity contribution in [2.45, 2.75) is 50.7 Å². The van der Waals surface area contributed by atoms with Gasteiger partial charge in [0.05, 0.1) is 4.90 Å². The standard InChI is InChI=1S/C21H26O3S/c1-15(2)5-8-18-9-11-19(12-10-18)21(22)17(4)25(23,24)20-13-6-16(3)7-14-20/h6-7,9-15,17H,5,8H2,1-4H3/t17-/m1/s1. The summed E-state index contributed by atoms with van der Waals surface area (Å²) in [6, 6.07) is 13.9. The minimum atomic E-state index is -3.68. The SMILES string of the molecule is Cc1ccc(S(=O)(=O)[C@H](C)C(=O)c2ccc(CCC(C)C)cc2)cc1. The van der Waals surface area contributed by atoms with Gasteiger partial charge in [0.15, 0.2) is 15.6 Å². The maximum atomic E-state index is 12.7. The molecule has 3 nitrogen and oxygen atoms in total. The quantitative estimate of drug-likeness (QED) is 0.678. The average Bonchev–Trinajstić information content (AvgIpc) is 2.59. The van der Waals surface area contributed by atoms with E-state index in [4.69, 9.17) is 0 Å². The Morgan fingerprint density at radius 1 is 0.920 bits per heavy atom. The summed E-state index contributed by atoms with van der Waals surface area (Å²) < 4.78 is 25.4. The van der Waals surface area contributed by atoms with Crippen LogP contribution >= 0.6 is 0 Å². The predicted octanol–water partition coefficient (Wildman–Crippen LogP) is 4.63. The molecule has 0 amide bonds. The van der Waals surface area contributed by atoms with Gasteiger partial charge in [0.2, 0.25) is 0 Å². The molecule has 134 valence electrons. The van der Waals surface area contributed by atoms with Crippen molar-refractivity contribution in [3.63, 3.8) is 0 Å². The molecule has 0 spiro atoms. The van der Waals surface area contributed by atoms with Crippen molar-refractivity contribution in [3.8, 4) is 0 Å². The van der Waals surface area contributed by atoms with Crippen LogP contribution in [-0.2, 0) is 16.3 Å². The Kier molecular flexibility index (Phi) is 6.17. The van der Waals surface area contributed by atoms with E-state index in [0.717, 1.165) is 18.4 Å². The Morgan fingerprint density at radius 2 is 1.48 bits per heavy atom. The second-order valence-corrected chi connectivity index (χ2v) is 9.26. The summed E-state index contributed by atoms with van der Waals surface area (Å²) in [5, 5.41) is -1.10. The number of sulfone groups is 1. The largest absolute Gasteiger partial charge is 0.293 e. The Balaban J connectivity index is 2.17. The Labute approximate surface area is 151 Å². The summed E-state index contributed by atoms with van der Waals surface area (Å²) in [5.74, 6) is 0.261. The lowest BCUT2D eigenvalue weighted by Crippen LogP contribution is -2.27. The Hall–Kier alpha value is -1.94. The van der Waals surface area contributed by atoms with Crippen LogP contribution in [-0.4, -0.2) is 19.5 Å². The summed E-state index contributed by atoms with van der Waals surface area (Å²) in [7, 11) is -3.68. The van der Waals surface area contributed by atoms with Gasteiger partial charge in [-0.2, -0.15) is 0 Å². The summed E-state index contributed by atoms with van der Waals surface area (Å²) in [5.41, 5.74) is 2.59.